The Kier molecular flexibility index (Phi) is 4.99. The number of hydrogen-bond donors (Lipinski definition) is 0. The molecule has 2 aromatic carbocycles. The average molecular weight is 402 g/mol. The fourth-order valence-electron chi connectivity index (χ4n) is 2.62. The van der Waals surface area contributed by atoms with Gasteiger partial charge in [-0.2, -0.15) is 5.10 Å². The van der Waals surface area contributed by atoms with Gasteiger partial charge in [0.25, 0.3) is 5.91 Å². The highest BCUT2D eigenvalue weighted by Gasteiger charge is 2.19. The molecule has 0 saturated carbocycles. The number of carbonyl (C=O) groups is 1. The van der Waals surface area contributed by atoms with Crippen LogP contribution in [-0.2, 0) is 6.54 Å². The van der Waals surface area contributed by atoms with E-state index in [0.717, 1.165) is 15.9 Å². The third-order valence-electron chi connectivity index (χ3n) is 4.02. The van der Waals surface area contributed by atoms with Gasteiger partial charge in [0.15, 0.2) is 0 Å². The molecule has 128 valence electrons. The minimum Gasteiger partial charge on any atom is -0.337 e. The number of carbonyl (C=O) groups excluding carboxylic acids is 1. The molecule has 0 bridgehead atoms. The zero-order valence-electron chi connectivity index (χ0n) is 13.9. The fraction of sp³-hybridized carbons (Fsp3) is 0.158. The van der Waals surface area contributed by atoms with Crippen LogP contribution < -0.4 is 0 Å². The van der Waals surface area contributed by atoms with Crippen LogP contribution >= 0.6 is 15.9 Å². The van der Waals surface area contributed by atoms with Crippen molar-refractivity contribution in [3.8, 4) is 5.69 Å². The molecule has 3 aromatic rings. The van der Waals surface area contributed by atoms with Crippen molar-refractivity contribution in [2.45, 2.75) is 13.5 Å². The summed E-state index contributed by atoms with van der Waals surface area (Å²) >= 11 is 3.40. The first-order valence-corrected chi connectivity index (χ1v) is 8.56. The van der Waals surface area contributed by atoms with Crippen LogP contribution in [0.3, 0.4) is 0 Å². The summed E-state index contributed by atoms with van der Waals surface area (Å²) in [7, 11) is 1.66. The molecule has 6 heteroatoms. The van der Waals surface area contributed by atoms with Crippen LogP contribution in [0.15, 0.2) is 59.2 Å². The van der Waals surface area contributed by atoms with Crippen molar-refractivity contribution in [1.82, 2.24) is 14.7 Å². The Labute approximate surface area is 154 Å². The monoisotopic (exact) mass is 401 g/mol. The summed E-state index contributed by atoms with van der Waals surface area (Å²) in [5.41, 5.74) is 2.60. The molecule has 0 saturated heterocycles. The molecule has 0 spiro atoms. The van der Waals surface area contributed by atoms with E-state index in [4.69, 9.17) is 0 Å². The van der Waals surface area contributed by atoms with Crippen molar-refractivity contribution in [2.75, 3.05) is 7.05 Å². The molecule has 0 fully saturated rings. The van der Waals surface area contributed by atoms with E-state index in [1.54, 1.807) is 36.1 Å². The van der Waals surface area contributed by atoms with Crippen molar-refractivity contribution in [1.29, 1.82) is 0 Å². The van der Waals surface area contributed by atoms with E-state index in [2.05, 4.69) is 21.0 Å². The number of hydrogen-bond acceptors (Lipinski definition) is 2. The van der Waals surface area contributed by atoms with E-state index in [-0.39, 0.29) is 18.3 Å². The number of amides is 1. The lowest BCUT2D eigenvalue weighted by atomic mass is 10.1. The third kappa shape index (κ3) is 3.64. The van der Waals surface area contributed by atoms with E-state index in [1.165, 1.54) is 11.0 Å². The van der Waals surface area contributed by atoms with Crippen LogP contribution in [0.1, 0.15) is 21.6 Å². The molecule has 25 heavy (non-hydrogen) atoms. The van der Waals surface area contributed by atoms with Crippen molar-refractivity contribution >= 4 is 21.8 Å². The highest BCUT2D eigenvalue weighted by Crippen LogP contribution is 2.19. The van der Waals surface area contributed by atoms with Crippen LogP contribution in [0.4, 0.5) is 4.39 Å². The summed E-state index contributed by atoms with van der Waals surface area (Å²) in [4.78, 5) is 14.2. The van der Waals surface area contributed by atoms with E-state index in [9.17, 15) is 9.18 Å². The summed E-state index contributed by atoms with van der Waals surface area (Å²) in [6.07, 6.45) is 1.55. The van der Waals surface area contributed by atoms with Crippen molar-refractivity contribution in [3.05, 3.63) is 81.8 Å². The summed E-state index contributed by atoms with van der Waals surface area (Å²) in [5, 5.41) is 4.32. The van der Waals surface area contributed by atoms with Gasteiger partial charge in [-0.1, -0.05) is 34.1 Å². The van der Waals surface area contributed by atoms with Crippen molar-refractivity contribution < 1.29 is 9.18 Å². The lowest BCUT2D eigenvalue weighted by Gasteiger charge is -2.17. The van der Waals surface area contributed by atoms with Gasteiger partial charge in [-0.25, -0.2) is 9.07 Å². The van der Waals surface area contributed by atoms with Gasteiger partial charge in [0.05, 0.1) is 23.1 Å². The molecule has 1 aromatic heterocycles. The van der Waals surface area contributed by atoms with Gasteiger partial charge in [-0.3, -0.25) is 4.79 Å². The second-order valence-corrected chi connectivity index (χ2v) is 6.70. The molecule has 0 unspecified atom stereocenters. The van der Waals surface area contributed by atoms with E-state index >= 15 is 0 Å². The van der Waals surface area contributed by atoms with Crippen LogP contribution in [0, 0.1) is 12.7 Å². The highest BCUT2D eigenvalue weighted by molar-refractivity contribution is 9.10. The van der Waals surface area contributed by atoms with Crippen LogP contribution in [0.2, 0.25) is 0 Å². The Bertz CT molecular complexity index is 905. The normalized spacial score (nSPS) is 10.7. The maximum atomic E-state index is 13.8. The summed E-state index contributed by atoms with van der Waals surface area (Å²) in [5.74, 6) is -0.506. The van der Waals surface area contributed by atoms with Gasteiger partial charge in [-0.15, -0.1) is 0 Å². The van der Waals surface area contributed by atoms with E-state index < -0.39 is 0 Å². The molecule has 0 N–H and O–H groups in total. The number of nitrogens with zero attached hydrogens (tertiary/aromatic N) is 3. The van der Waals surface area contributed by atoms with Crippen LogP contribution in [-0.4, -0.2) is 27.6 Å². The number of halogens is 2. The molecule has 1 heterocycles. The maximum Gasteiger partial charge on any atom is 0.257 e. The lowest BCUT2D eigenvalue weighted by molar-refractivity contribution is 0.0783. The van der Waals surface area contributed by atoms with Crippen molar-refractivity contribution in [2.24, 2.45) is 0 Å². The molecule has 0 aliphatic carbocycles. The van der Waals surface area contributed by atoms with E-state index in [1.807, 2.05) is 31.2 Å². The smallest absolute Gasteiger partial charge is 0.257 e. The summed E-state index contributed by atoms with van der Waals surface area (Å²) < 4.78 is 16.5. The first-order valence-electron chi connectivity index (χ1n) is 7.77. The minimum atomic E-state index is -0.315. The molecule has 3 rings (SSSR count). The predicted octanol–water partition coefficient (Wildman–Crippen LogP) is 4.35. The molecule has 0 radical (unpaired) electrons. The van der Waals surface area contributed by atoms with Gasteiger partial charge in [0, 0.05) is 23.6 Å². The highest BCUT2D eigenvalue weighted by atomic mass is 79.9. The predicted molar refractivity (Wildman–Crippen MR) is 98.2 cm³/mol. The first kappa shape index (κ1) is 17.4. The minimum absolute atomic E-state index is 0.191. The lowest BCUT2D eigenvalue weighted by Crippen LogP contribution is -2.27. The Balaban J connectivity index is 1.83. The molecular formula is C19H17BrFN3O. The number of benzene rings is 2. The van der Waals surface area contributed by atoms with Gasteiger partial charge in [0.2, 0.25) is 0 Å². The summed E-state index contributed by atoms with van der Waals surface area (Å²) in [6.45, 7) is 2.05. The molecule has 0 aliphatic heterocycles. The second kappa shape index (κ2) is 7.19. The van der Waals surface area contributed by atoms with E-state index in [0.29, 0.717) is 11.1 Å². The largest absolute Gasteiger partial charge is 0.337 e. The van der Waals surface area contributed by atoms with Gasteiger partial charge >= 0.3 is 0 Å². The molecule has 0 aliphatic rings. The van der Waals surface area contributed by atoms with Gasteiger partial charge < -0.3 is 4.90 Å². The molecule has 0 atom stereocenters. The average Bonchev–Trinajstić information content (AvgIpc) is 2.98. The zero-order chi connectivity index (χ0) is 18.0. The van der Waals surface area contributed by atoms with Crippen molar-refractivity contribution in [3.63, 3.8) is 0 Å². The molecule has 4 nitrogen and oxygen atoms in total. The maximum absolute atomic E-state index is 13.8. The van der Waals surface area contributed by atoms with Crippen LogP contribution in [0.5, 0.6) is 0 Å². The van der Waals surface area contributed by atoms with Gasteiger partial charge in [0.1, 0.15) is 5.82 Å². The number of aromatic nitrogens is 2. The van der Waals surface area contributed by atoms with Gasteiger partial charge in [-0.05, 0) is 37.3 Å². The Morgan fingerprint density at radius 2 is 1.88 bits per heavy atom. The number of rotatable bonds is 4. The standard InChI is InChI=1S/C19H17BrFN3O/c1-13-17(11-22-24(13)16-9-7-15(20)8-10-16)19(25)23(2)12-14-5-3-4-6-18(14)21/h3-11H,12H2,1-2H3. The quantitative estimate of drug-likeness (QED) is 0.651. The Morgan fingerprint density at radius 3 is 2.56 bits per heavy atom. The topological polar surface area (TPSA) is 38.1 Å². The second-order valence-electron chi connectivity index (χ2n) is 5.78. The zero-order valence-corrected chi connectivity index (χ0v) is 15.5. The Morgan fingerprint density at radius 1 is 1.20 bits per heavy atom. The first-order chi connectivity index (χ1) is 12.0. The van der Waals surface area contributed by atoms with Crippen LogP contribution in [0.25, 0.3) is 5.69 Å². The molecule has 1 amide bonds. The Hall–Kier alpha value is -2.47. The fourth-order valence-corrected chi connectivity index (χ4v) is 2.89. The third-order valence-corrected chi connectivity index (χ3v) is 4.55. The molecular weight excluding hydrogens is 385 g/mol. The SMILES string of the molecule is Cc1c(C(=O)N(C)Cc2ccccc2F)cnn1-c1ccc(Br)cc1. The summed E-state index contributed by atoms with van der Waals surface area (Å²) in [6, 6.07) is 14.1.